The first-order valence-electron chi connectivity index (χ1n) is 8.66. The highest BCUT2D eigenvalue weighted by Crippen LogP contribution is 2.30. The first-order chi connectivity index (χ1) is 13.3. The molecule has 9 heteroatoms. The number of anilines is 1. The number of imidazole rings is 1. The zero-order valence-electron chi connectivity index (χ0n) is 14.5. The van der Waals surface area contributed by atoms with Crippen LogP contribution < -0.4 is 10.1 Å². The van der Waals surface area contributed by atoms with Crippen molar-refractivity contribution >= 4 is 50.2 Å². The summed E-state index contributed by atoms with van der Waals surface area (Å²) in [5, 5.41) is 2.73. The van der Waals surface area contributed by atoms with Crippen molar-refractivity contribution in [2.24, 2.45) is 0 Å². The van der Waals surface area contributed by atoms with E-state index in [1.807, 2.05) is 0 Å². The number of rotatable bonds is 4. The van der Waals surface area contributed by atoms with E-state index in [9.17, 15) is 13.6 Å². The van der Waals surface area contributed by atoms with Gasteiger partial charge in [-0.3, -0.25) is 4.79 Å². The first-order valence-corrected chi connectivity index (χ1v) is 9.83. The number of hydrogen-bond acceptors (Lipinski definition) is 3. The molecule has 0 fully saturated rings. The van der Waals surface area contributed by atoms with Crippen LogP contribution in [0.3, 0.4) is 0 Å². The van der Waals surface area contributed by atoms with E-state index >= 15 is 0 Å². The molecule has 0 radical (unpaired) electrons. The number of nitrogens with zero attached hydrogens (tertiary/aromatic N) is 2. The van der Waals surface area contributed by atoms with E-state index in [0.717, 1.165) is 47.1 Å². The molecule has 2 heterocycles. The van der Waals surface area contributed by atoms with Crippen molar-refractivity contribution in [3.8, 4) is 5.75 Å². The fraction of sp³-hybridized carbons (Fsp3) is 0.263. The number of halogens is 4. The van der Waals surface area contributed by atoms with Crippen molar-refractivity contribution in [2.45, 2.75) is 31.4 Å². The molecule has 5 nitrogen and oxygen atoms in total. The summed E-state index contributed by atoms with van der Waals surface area (Å²) in [6, 6.07) is 9.03. The lowest BCUT2D eigenvalue weighted by molar-refractivity contribution is -0.0964. The molecule has 1 N–H and O–H groups in total. The van der Waals surface area contributed by atoms with Gasteiger partial charge >= 0.3 is 5.57 Å². The Kier molecular flexibility index (Phi) is 5.01. The zero-order chi connectivity index (χ0) is 19.9. The van der Waals surface area contributed by atoms with E-state index in [1.54, 1.807) is 12.1 Å². The van der Waals surface area contributed by atoms with Crippen molar-refractivity contribution in [1.29, 1.82) is 0 Å². The third kappa shape index (κ3) is 3.98. The van der Waals surface area contributed by atoms with Gasteiger partial charge in [0.1, 0.15) is 11.6 Å². The maximum absolute atomic E-state index is 12.7. The normalized spacial score (nSPS) is 14.0. The number of carbonyl (C=O) groups excluding carboxylic acids is 1. The van der Waals surface area contributed by atoms with E-state index in [1.165, 1.54) is 24.3 Å². The molecule has 146 valence electrons. The molecule has 2 aromatic carbocycles. The van der Waals surface area contributed by atoms with E-state index in [2.05, 4.69) is 35.5 Å². The molecule has 3 aromatic rings. The number of fused-ring (bicyclic) bond motifs is 3. The third-order valence-corrected chi connectivity index (χ3v) is 5.20. The molecule has 0 aliphatic carbocycles. The Labute approximate surface area is 172 Å². The van der Waals surface area contributed by atoms with E-state index in [-0.39, 0.29) is 11.7 Å². The number of carbonyl (C=O) groups is 1. The summed E-state index contributed by atoms with van der Waals surface area (Å²) in [7, 11) is 0. The van der Waals surface area contributed by atoms with Crippen LogP contribution >= 0.6 is 27.5 Å². The Bertz CT molecular complexity index is 1050. The molecule has 0 spiro atoms. The molecular weight excluding hydrogens is 456 g/mol. The number of hydrogen-bond donors (Lipinski definition) is 1. The Morgan fingerprint density at radius 1 is 1.25 bits per heavy atom. The van der Waals surface area contributed by atoms with Crippen LogP contribution in [0.2, 0.25) is 0 Å². The Hall–Kier alpha value is -2.19. The van der Waals surface area contributed by atoms with Crippen LogP contribution in [0, 0.1) is 0 Å². The SMILES string of the molecule is O=C(Nc1ccc(OC(F)(F)Cl)cc1)c1cc(Br)c2c(c1)nc1n2CCCC1. The lowest BCUT2D eigenvalue weighted by Crippen LogP contribution is -2.15. The minimum atomic E-state index is -3.78. The first kappa shape index (κ1) is 19.1. The highest BCUT2D eigenvalue weighted by Gasteiger charge is 2.27. The largest absolute Gasteiger partial charge is 0.487 e. The maximum atomic E-state index is 12.7. The van der Waals surface area contributed by atoms with Gasteiger partial charge < -0.3 is 14.6 Å². The summed E-state index contributed by atoms with van der Waals surface area (Å²) >= 11 is 8.29. The molecule has 28 heavy (non-hydrogen) atoms. The standard InChI is InChI=1S/C19H15BrClF2N3O2/c20-14-9-11(10-15-17(14)26-8-2-1-3-16(26)25-15)18(27)24-12-4-6-13(7-5-12)28-19(21,22)23/h4-7,9-10H,1-3,8H2,(H,24,27). The number of amides is 1. The number of ether oxygens (including phenoxy) is 1. The second kappa shape index (κ2) is 7.33. The Balaban J connectivity index is 1.56. The summed E-state index contributed by atoms with van der Waals surface area (Å²) in [5.41, 5.74) is -1.13. The second-order valence-corrected chi connectivity index (χ2v) is 7.78. The van der Waals surface area contributed by atoms with E-state index in [0.29, 0.717) is 11.3 Å². The van der Waals surface area contributed by atoms with Crippen LogP contribution in [0.1, 0.15) is 29.0 Å². The molecule has 1 amide bonds. The summed E-state index contributed by atoms with van der Waals surface area (Å²) < 4.78 is 32.6. The predicted molar refractivity (Wildman–Crippen MR) is 106 cm³/mol. The molecule has 0 saturated carbocycles. The van der Waals surface area contributed by atoms with Crippen molar-refractivity contribution in [1.82, 2.24) is 9.55 Å². The van der Waals surface area contributed by atoms with Crippen LogP contribution in [0.5, 0.6) is 5.75 Å². The van der Waals surface area contributed by atoms with Gasteiger partial charge in [-0.05, 0) is 65.2 Å². The smallest absolute Gasteiger partial charge is 0.420 e. The number of nitrogens with one attached hydrogen (secondary N) is 1. The van der Waals surface area contributed by atoms with Gasteiger partial charge in [0.25, 0.3) is 5.91 Å². The molecule has 1 aromatic heterocycles. The molecule has 1 aliphatic heterocycles. The summed E-state index contributed by atoms with van der Waals surface area (Å²) in [6.07, 6.45) is 3.16. The summed E-state index contributed by atoms with van der Waals surface area (Å²) in [5.74, 6) is 0.599. The maximum Gasteiger partial charge on any atom is 0.487 e. The fourth-order valence-electron chi connectivity index (χ4n) is 3.32. The van der Waals surface area contributed by atoms with Crippen LogP contribution in [0.4, 0.5) is 14.5 Å². The number of aryl methyl sites for hydroxylation is 2. The number of alkyl halides is 3. The zero-order valence-corrected chi connectivity index (χ0v) is 16.9. The van der Waals surface area contributed by atoms with Crippen LogP contribution in [-0.2, 0) is 13.0 Å². The van der Waals surface area contributed by atoms with Gasteiger partial charge in [-0.25, -0.2) is 4.98 Å². The lowest BCUT2D eigenvalue weighted by Gasteiger charge is -2.14. The highest BCUT2D eigenvalue weighted by molar-refractivity contribution is 9.10. The molecular formula is C19H15BrClF2N3O2. The van der Waals surface area contributed by atoms with Crippen LogP contribution in [0.15, 0.2) is 40.9 Å². The summed E-state index contributed by atoms with van der Waals surface area (Å²) in [4.78, 5) is 17.3. The van der Waals surface area contributed by atoms with Crippen LogP contribution in [0.25, 0.3) is 11.0 Å². The van der Waals surface area contributed by atoms with E-state index in [4.69, 9.17) is 11.6 Å². The quantitative estimate of drug-likeness (QED) is 0.508. The van der Waals surface area contributed by atoms with Crippen molar-refractivity contribution in [3.05, 3.63) is 52.3 Å². The fourth-order valence-corrected chi connectivity index (χ4v) is 4.08. The third-order valence-electron chi connectivity index (χ3n) is 4.51. The van der Waals surface area contributed by atoms with Crippen molar-refractivity contribution in [3.63, 3.8) is 0 Å². The monoisotopic (exact) mass is 469 g/mol. The van der Waals surface area contributed by atoms with E-state index < -0.39 is 5.57 Å². The molecule has 0 bridgehead atoms. The van der Waals surface area contributed by atoms with Crippen molar-refractivity contribution < 1.29 is 18.3 Å². The van der Waals surface area contributed by atoms with Gasteiger partial charge in [0.15, 0.2) is 0 Å². The average molecular weight is 471 g/mol. The van der Waals surface area contributed by atoms with Gasteiger partial charge in [-0.2, -0.15) is 0 Å². The topological polar surface area (TPSA) is 56.1 Å². The lowest BCUT2D eigenvalue weighted by atomic mass is 10.1. The summed E-state index contributed by atoms with van der Waals surface area (Å²) in [6.45, 7) is 0.922. The Morgan fingerprint density at radius 2 is 2.00 bits per heavy atom. The molecule has 0 unspecified atom stereocenters. The molecule has 0 atom stereocenters. The van der Waals surface area contributed by atoms with Crippen LogP contribution in [-0.4, -0.2) is 21.0 Å². The van der Waals surface area contributed by atoms with Gasteiger partial charge in [-0.15, -0.1) is 8.78 Å². The van der Waals surface area contributed by atoms with Gasteiger partial charge in [0.05, 0.1) is 11.0 Å². The van der Waals surface area contributed by atoms with Crippen molar-refractivity contribution in [2.75, 3.05) is 5.32 Å². The minimum absolute atomic E-state index is 0.106. The second-order valence-electron chi connectivity index (χ2n) is 6.49. The number of benzene rings is 2. The Morgan fingerprint density at radius 3 is 2.71 bits per heavy atom. The number of aromatic nitrogens is 2. The average Bonchev–Trinajstić information content (AvgIpc) is 3.01. The minimum Gasteiger partial charge on any atom is -0.420 e. The molecule has 4 rings (SSSR count). The van der Waals surface area contributed by atoms with Gasteiger partial charge in [0.2, 0.25) is 0 Å². The van der Waals surface area contributed by atoms with Gasteiger partial charge in [-0.1, -0.05) is 0 Å². The highest BCUT2D eigenvalue weighted by atomic mass is 79.9. The molecule has 0 saturated heterocycles. The molecule has 1 aliphatic rings. The van der Waals surface area contributed by atoms with Gasteiger partial charge in [0, 0.05) is 40.3 Å². The predicted octanol–water partition coefficient (Wildman–Crippen LogP) is 5.56.